The highest BCUT2D eigenvalue weighted by atomic mass is 35.5. The molecule has 1 aromatic heterocycles. The Morgan fingerprint density at radius 3 is 2.22 bits per heavy atom. The van der Waals surface area contributed by atoms with Crippen LogP contribution in [-0.4, -0.2) is 4.37 Å². The van der Waals surface area contributed by atoms with E-state index in [1.165, 1.54) is 11.5 Å². The van der Waals surface area contributed by atoms with Gasteiger partial charge in [-0.3, -0.25) is 0 Å². The maximum atomic E-state index is 5.57. The summed E-state index contributed by atoms with van der Waals surface area (Å²) in [6.45, 7) is 5.94. The van der Waals surface area contributed by atoms with Crippen molar-refractivity contribution in [3.8, 4) is 0 Å². The van der Waals surface area contributed by atoms with Crippen molar-refractivity contribution in [1.82, 2.24) is 4.37 Å². The van der Waals surface area contributed by atoms with Gasteiger partial charge < -0.3 is 0 Å². The van der Waals surface area contributed by atoms with Crippen molar-refractivity contribution in [2.24, 2.45) is 0 Å². The lowest BCUT2D eigenvalue weighted by molar-refractivity contribution is 1.50. The zero-order chi connectivity index (χ0) is 7.28. The zero-order valence-corrected chi connectivity index (χ0v) is 7.38. The molecule has 0 aliphatic carbocycles. The monoisotopic (exact) mass is 163 g/mol. The van der Waals surface area contributed by atoms with Gasteiger partial charge in [-0.15, -0.1) is 0 Å². The van der Waals surface area contributed by atoms with E-state index in [0.717, 1.165) is 9.90 Å². The van der Waals surface area contributed by atoms with Crippen molar-refractivity contribution < 1.29 is 0 Å². The molecule has 52 valence electrons. The molecule has 1 rings (SSSR count). The maximum absolute atomic E-state index is 5.57. The van der Waals surface area contributed by atoms with Crippen LogP contribution in [0.1, 0.15) is 18.7 Å². The summed E-state index contributed by atoms with van der Waals surface area (Å²) in [6, 6.07) is 0. The van der Waals surface area contributed by atoms with Gasteiger partial charge in [0.15, 0.2) is 0 Å². The molecule has 0 spiro atoms. The van der Waals surface area contributed by atoms with Gasteiger partial charge in [0.05, 0.1) is 11.2 Å². The third-order valence-corrected chi connectivity index (χ3v) is 1.89. The van der Waals surface area contributed by atoms with Gasteiger partial charge in [0.1, 0.15) is 0 Å². The van der Waals surface area contributed by atoms with Crippen LogP contribution in [0, 0.1) is 6.92 Å². The summed E-state index contributed by atoms with van der Waals surface area (Å²) >= 11 is 6.99. The number of aryl methyl sites for hydroxylation is 1. The van der Waals surface area contributed by atoms with Gasteiger partial charge >= 0.3 is 0 Å². The molecule has 0 aromatic carbocycles. The smallest absolute Gasteiger partial charge is 0.0742 e. The molecule has 0 radical (unpaired) electrons. The number of rotatable bonds is 0. The van der Waals surface area contributed by atoms with E-state index in [1.54, 1.807) is 6.20 Å². The van der Waals surface area contributed by atoms with Crippen molar-refractivity contribution in [1.29, 1.82) is 0 Å². The minimum absolute atomic E-state index is 0.769. The lowest BCUT2D eigenvalue weighted by Crippen LogP contribution is -1.52. The second-order valence-corrected chi connectivity index (χ2v) is 2.64. The second-order valence-electron chi connectivity index (χ2n) is 1.23. The van der Waals surface area contributed by atoms with Crippen LogP contribution in [0.2, 0.25) is 5.02 Å². The topological polar surface area (TPSA) is 12.9 Å². The van der Waals surface area contributed by atoms with Crippen LogP contribution < -0.4 is 0 Å². The second kappa shape index (κ2) is 4.77. The van der Waals surface area contributed by atoms with Gasteiger partial charge in [-0.05, 0) is 18.5 Å². The molecule has 0 bridgehead atoms. The molecule has 0 fully saturated rings. The normalized spacial score (nSPS) is 8.00. The molecule has 9 heavy (non-hydrogen) atoms. The minimum Gasteiger partial charge on any atom is -0.199 e. The number of hydrogen-bond donors (Lipinski definition) is 0. The van der Waals surface area contributed by atoms with E-state index in [-0.39, 0.29) is 0 Å². The summed E-state index contributed by atoms with van der Waals surface area (Å²) in [4.78, 5) is 1.08. The van der Waals surface area contributed by atoms with Crippen LogP contribution in [0.5, 0.6) is 0 Å². The highest BCUT2D eigenvalue weighted by molar-refractivity contribution is 7.06. The van der Waals surface area contributed by atoms with E-state index in [9.17, 15) is 0 Å². The Hall–Kier alpha value is -0.0800. The van der Waals surface area contributed by atoms with E-state index in [4.69, 9.17) is 11.6 Å². The third kappa shape index (κ3) is 2.82. The summed E-state index contributed by atoms with van der Waals surface area (Å²) in [5.41, 5.74) is 0. The fraction of sp³-hybridized carbons (Fsp3) is 0.500. The number of aromatic nitrogens is 1. The molecule has 0 saturated carbocycles. The van der Waals surface area contributed by atoms with E-state index in [1.807, 2.05) is 20.8 Å². The fourth-order valence-corrected chi connectivity index (χ4v) is 0.952. The Labute approximate surface area is 64.8 Å². The molecular formula is C6H10ClNS. The van der Waals surface area contributed by atoms with E-state index in [0.29, 0.717) is 0 Å². The van der Waals surface area contributed by atoms with Gasteiger partial charge in [0, 0.05) is 4.88 Å². The van der Waals surface area contributed by atoms with Crippen LogP contribution in [-0.2, 0) is 0 Å². The molecule has 1 nitrogen and oxygen atoms in total. The van der Waals surface area contributed by atoms with Crippen LogP contribution >= 0.6 is 23.1 Å². The Morgan fingerprint density at radius 2 is 2.11 bits per heavy atom. The lowest BCUT2D eigenvalue weighted by Gasteiger charge is -1.74. The number of halogens is 1. The average Bonchev–Trinajstić information content (AvgIpc) is 2.23. The Morgan fingerprint density at radius 1 is 1.56 bits per heavy atom. The van der Waals surface area contributed by atoms with E-state index >= 15 is 0 Å². The molecule has 0 aliphatic rings. The highest BCUT2D eigenvalue weighted by Gasteiger charge is 1.91. The summed E-state index contributed by atoms with van der Waals surface area (Å²) in [6.07, 6.45) is 1.65. The molecule has 0 atom stereocenters. The maximum Gasteiger partial charge on any atom is 0.0742 e. The van der Waals surface area contributed by atoms with E-state index in [2.05, 4.69) is 4.37 Å². The zero-order valence-electron chi connectivity index (χ0n) is 5.81. The van der Waals surface area contributed by atoms with Gasteiger partial charge in [-0.25, -0.2) is 0 Å². The minimum atomic E-state index is 0.769. The molecule has 0 N–H and O–H groups in total. The third-order valence-electron chi connectivity index (χ3n) is 0.692. The Bertz CT molecular complexity index is 145. The van der Waals surface area contributed by atoms with Gasteiger partial charge in [0.2, 0.25) is 0 Å². The van der Waals surface area contributed by atoms with Crippen molar-refractivity contribution in [2.45, 2.75) is 20.8 Å². The Kier molecular flexibility index (Phi) is 4.72. The summed E-state index contributed by atoms with van der Waals surface area (Å²) in [5.74, 6) is 0. The van der Waals surface area contributed by atoms with Crippen molar-refractivity contribution >= 4 is 23.1 Å². The predicted octanol–water partition coefficient (Wildman–Crippen LogP) is 3.13. The lowest BCUT2D eigenvalue weighted by atomic mass is 10.6. The first-order valence-corrected chi connectivity index (χ1v) is 4.02. The first kappa shape index (κ1) is 8.92. The Balaban J connectivity index is 0.000000291. The van der Waals surface area contributed by atoms with Crippen LogP contribution in [0.3, 0.4) is 0 Å². The molecule has 1 aromatic rings. The number of hydrogen-bond acceptors (Lipinski definition) is 2. The SMILES string of the molecule is CC.Cc1sncc1Cl. The first-order chi connectivity index (χ1) is 4.30. The van der Waals surface area contributed by atoms with Crippen molar-refractivity contribution in [3.63, 3.8) is 0 Å². The van der Waals surface area contributed by atoms with E-state index < -0.39 is 0 Å². The fourth-order valence-electron chi connectivity index (χ4n) is 0.286. The first-order valence-electron chi connectivity index (χ1n) is 2.87. The molecule has 3 heteroatoms. The van der Waals surface area contributed by atoms with Gasteiger partial charge in [-0.1, -0.05) is 25.4 Å². The molecule has 0 saturated heterocycles. The van der Waals surface area contributed by atoms with Crippen molar-refractivity contribution in [3.05, 3.63) is 16.1 Å². The molecule has 0 amide bonds. The van der Waals surface area contributed by atoms with Gasteiger partial charge in [-0.2, -0.15) is 4.37 Å². The molecule has 0 unspecified atom stereocenters. The molecule has 0 aliphatic heterocycles. The van der Waals surface area contributed by atoms with Crippen LogP contribution in [0.4, 0.5) is 0 Å². The largest absolute Gasteiger partial charge is 0.199 e. The quantitative estimate of drug-likeness (QED) is 0.573. The van der Waals surface area contributed by atoms with Crippen LogP contribution in [0.15, 0.2) is 6.20 Å². The van der Waals surface area contributed by atoms with Gasteiger partial charge in [0.25, 0.3) is 0 Å². The average molecular weight is 164 g/mol. The summed E-state index contributed by atoms with van der Waals surface area (Å²) < 4.78 is 3.83. The summed E-state index contributed by atoms with van der Waals surface area (Å²) in [7, 11) is 0. The summed E-state index contributed by atoms with van der Waals surface area (Å²) in [5, 5.41) is 0.769. The highest BCUT2D eigenvalue weighted by Crippen LogP contribution is 2.16. The number of nitrogens with zero attached hydrogens (tertiary/aromatic N) is 1. The van der Waals surface area contributed by atoms with Crippen LogP contribution in [0.25, 0.3) is 0 Å². The molecule has 1 heterocycles. The molecular weight excluding hydrogens is 154 g/mol. The predicted molar refractivity (Wildman–Crippen MR) is 43.2 cm³/mol. The standard InChI is InChI=1S/C4H4ClNS.C2H6/c1-3-4(5)2-6-7-3;1-2/h2H,1H3;1-2H3. The van der Waals surface area contributed by atoms with Crippen molar-refractivity contribution in [2.75, 3.05) is 0 Å².